The number of hydrogen-bond donors (Lipinski definition) is 2. The van der Waals surface area contributed by atoms with Crippen LogP contribution in [0, 0.1) is 5.82 Å². The standard InChI is InChI=1S/C29H28FNO5.Na/c30-19-9-7-17(8-10-19)27-23(12-11-20(32)15-21(33)16-26(34)35)28(18-5-6-18)31-29-22-3-1-2-4-25(22)36-14-13-24(27)29;/h1-4,7-12,18,20-21,32-33H,5-6,13-16H2,(H,34,35);/q;+1/p-1/b12-11+;/t20-,21-;/m1./s1. The molecule has 1 fully saturated rings. The van der Waals surface area contributed by atoms with Crippen LogP contribution in [0.5, 0.6) is 5.75 Å². The van der Waals surface area contributed by atoms with Crippen molar-refractivity contribution >= 4 is 12.0 Å². The van der Waals surface area contributed by atoms with E-state index in [4.69, 9.17) is 9.72 Å². The van der Waals surface area contributed by atoms with Crippen molar-refractivity contribution in [2.75, 3.05) is 6.61 Å². The second-order valence-corrected chi connectivity index (χ2v) is 9.38. The number of hydrogen-bond acceptors (Lipinski definition) is 6. The van der Waals surface area contributed by atoms with Crippen molar-refractivity contribution in [3.8, 4) is 28.1 Å². The average Bonchev–Trinajstić information content (AvgIpc) is 3.69. The summed E-state index contributed by atoms with van der Waals surface area (Å²) < 4.78 is 19.9. The van der Waals surface area contributed by atoms with Gasteiger partial charge in [-0.15, -0.1) is 0 Å². The maximum absolute atomic E-state index is 13.8. The van der Waals surface area contributed by atoms with Gasteiger partial charge in [0.2, 0.25) is 0 Å². The van der Waals surface area contributed by atoms with E-state index in [0.29, 0.717) is 13.0 Å². The van der Waals surface area contributed by atoms with Gasteiger partial charge in [-0.1, -0.05) is 36.4 Å². The van der Waals surface area contributed by atoms with Crippen molar-refractivity contribution in [2.45, 2.75) is 50.2 Å². The largest absolute Gasteiger partial charge is 1.00 e. The summed E-state index contributed by atoms with van der Waals surface area (Å²) in [5.74, 6) is -0.655. The first-order chi connectivity index (χ1) is 17.4. The van der Waals surface area contributed by atoms with Crippen LogP contribution in [-0.4, -0.2) is 40.0 Å². The molecule has 37 heavy (non-hydrogen) atoms. The molecule has 0 amide bonds. The van der Waals surface area contributed by atoms with Gasteiger partial charge in [-0.05, 0) is 53.8 Å². The van der Waals surface area contributed by atoms with E-state index in [2.05, 4.69) is 0 Å². The number of benzene rings is 2. The number of ether oxygens (including phenoxy) is 1. The molecule has 1 aromatic heterocycles. The molecule has 5 rings (SSSR count). The van der Waals surface area contributed by atoms with Crippen LogP contribution in [0.4, 0.5) is 4.39 Å². The van der Waals surface area contributed by atoms with Crippen LogP contribution in [0.15, 0.2) is 54.6 Å². The minimum absolute atomic E-state index is 0. The molecule has 2 N–H and O–H groups in total. The van der Waals surface area contributed by atoms with E-state index < -0.39 is 24.6 Å². The topological polar surface area (TPSA) is 103 Å². The van der Waals surface area contributed by atoms with Gasteiger partial charge in [0.25, 0.3) is 0 Å². The van der Waals surface area contributed by atoms with E-state index >= 15 is 0 Å². The van der Waals surface area contributed by atoms with Gasteiger partial charge < -0.3 is 24.9 Å². The van der Waals surface area contributed by atoms with Gasteiger partial charge in [0.1, 0.15) is 11.6 Å². The van der Waals surface area contributed by atoms with E-state index in [1.165, 1.54) is 12.1 Å². The van der Waals surface area contributed by atoms with Crippen molar-refractivity contribution in [3.05, 3.63) is 77.2 Å². The molecule has 2 aromatic carbocycles. The number of halogens is 1. The number of aliphatic carboxylic acids is 1. The van der Waals surface area contributed by atoms with Crippen LogP contribution in [-0.2, 0) is 11.2 Å². The summed E-state index contributed by atoms with van der Waals surface area (Å²) in [7, 11) is 0. The molecule has 3 aromatic rings. The molecule has 0 saturated heterocycles. The van der Waals surface area contributed by atoms with E-state index in [1.807, 2.05) is 24.3 Å². The van der Waals surface area contributed by atoms with E-state index in [9.17, 15) is 24.5 Å². The Balaban J connectivity index is 0.00000320. The van der Waals surface area contributed by atoms with Gasteiger partial charge >= 0.3 is 29.6 Å². The molecule has 0 radical (unpaired) electrons. The number of carbonyl (C=O) groups is 1. The number of rotatable bonds is 8. The van der Waals surface area contributed by atoms with Gasteiger partial charge in [0.15, 0.2) is 0 Å². The van der Waals surface area contributed by atoms with Gasteiger partial charge in [-0.2, -0.15) is 0 Å². The number of carboxylic acids is 1. The van der Waals surface area contributed by atoms with Crippen LogP contribution in [0.25, 0.3) is 28.5 Å². The smallest absolute Gasteiger partial charge is 0.550 e. The zero-order valence-electron chi connectivity index (χ0n) is 20.7. The minimum Gasteiger partial charge on any atom is -0.550 e. The summed E-state index contributed by atoms with van der Waals surface area (Å²) in [6, 6.07) is 14.2. The second-order valence-electron chi connectivity index (χ2n) is 9.38. The Bertz CT molecular complexity index is 1310. The zero-order chi connectivity index (χ0) is 25.2. The van der Waals surface area contributed by atoms with Gasteiger partial charge in [0.05, 0.1) is 30.2 Å². The third-order valence-corrected chi connectivity index (χ3v) is 6.61. The van der Waals surface area contributed by atoms with Crippen molar-refractivity contribution < 1.29 is 58.8 Å². The summed E-state index contributed by atoms with van der Waals surface area (Å²) in [6.45, 7) is 0.462. The predicted octanol–water partition coefficient (Wildman–Crippen LogP) is 0.636. The quantitative estimate of drug-likeness (QED) is 0.431. The van der Waals surface area contributed by atoms with Crippen LogP contribution in [0.3, 0.4) is 0 Å². The van der Waals surface area contributed by atoms with Crippen molar-refractivity contribution in [1.82, 2.24) is 4.98 Å². The summed E-state index contributed by atoms with van der Waals surface area (Å²) in [5, 5.41) is 31.2. The molecular weight excluding hydrogens is 484 g/mol. The SMILES string of the molecule is O=C([O-])C[C@H](O)C[C@H](O)/C=C/c1c(C2CC2)nc2c(c1-c1ccc(F)cc1)CCOc1ccccc1-2.[Na+]. The van der Waals surface area contributed by atoms with Gasteiger partial charge in [-0.25, -0.2) is 4.39 Å². The number of para-hydroxylation sites is 1. The predicted molar refractivity (Wildman–Crippen MR) is 132 cm³/mol. The van der Waals surface area contributed by atoms with Gasteiger partial charge in [-0.3, -0.25) is 4.98 Å². The Labute approximate surface area is 237 Å². The number of aliphatic hydroxyl groups is 2. The van der Waals surface area contributed by atoms with E-state index in [-0.39, 0.29) is 47.7 Å². The van der Waals surface area contributed by atoms with Crippen molar-refractivity contribution in [2.24, 2.45) is 0 Å². The average molecular weight is 512 g/mol. The molecule has 6 nitrogen and oxygen atoms in total. The van der Waals surface area contributed by atoms with Crippen LogP contribution in [0.1, 0.15) is 48.4 Å². The number of carboxylic acid groups (broad SMARTS) is 1. The van der Waals surface area contributed by atoms with Crippen LogP contribution in [0.2, 0.25) is 0 Å². The molecule has 1 aliphatic heterocycles. The molecule has 186 valence electrons. The zero-order valence-corrected chi connectivity index (χ0v) is 22.7. The molecule has 2 atom stereocenters. The third-order valence-electron chi connectivity index (χ3n) is 6.61. The Kier molecular flexibility index (Phi) is 8.82. The van der Waals surface area contributed by atoms with E-state index in [1.54, 1.807) is 24.3 Å². The first-order valence-electron chi connectivity index (χ1n) is 12.2. The Morgan fingerprint density at radius 1 is 1.16 bits per heavy atom. The maximum Gasteiger partial charge on any atom is 1.00 e. The third kappa shape index (κ3) is 6.30. The fourth-order valence-corrected chi connectivity index (χ4v) is 4.80. The number of nitrogens with zero attached hydrogens (tertiary/aromatic N) is 1. The first kappa shape index (κ1) is 27.5. The Morgan fingerprint density at radius 2 is 1.89 bits per heavy atom. The molecule has 1 saturated carbocycles. The number of pyridine rings is 1. The Hall–Kier alpha value is -2.55. The van der Waals surface area contributed by atoms with Crippen molar-refractivity contribution in [3.63, 3.8) is 0 Å². The molecule has 2 heterocycles. The molecular formula is C29H27FNNaO5. The molecule has 0 bridgehead atoms. The molecule has 8 heteroatoms. The number of aliphatic hydroxyl groups excluding tert-OH is 2. The monoisotopic (exact) mass is 511 g/mol. The normalized spacial score (nSPS) is 16.1. The fourth-order valence-electron chi connectivity index (χ4n) is 4.80. The molecule has 1 aliphatic carbocycles. The Morgan fingerprint density at radius 3 is 2.59 bits per heavy atom. The fraction of sp³-hybridized carbons (Fsp3) is 0.310. The summed E-state index contributed by atoms with van der Waals surface area (Å²) >= 11 is 0. The molecule has 0 spiro atoms. The van der Waals surface area contributed by atoms with Gasteiger partial charge in [0, 0.05) is 42.3 Å². The number of fused-ring (bicyclic) bond motifs is 3. The van der Waals surface area contributed by atoms with E-state index in [0.717, 1.165) is 57.8 Å². The molecule has 2 aliphatic rings. The van der Waals surface area contributed by atoms with Crippen LogP contribution < -0.4 is 39.4 Å². The first-order valence-corrected chi connectivity index (χ1v) is 12.2. The number of carbonyl (C=O) groups excluding carboxylic acids is 1. The van der Waals surface area contributed by atoms with Crippen molar-refractivity contribution in [1.29, 1.82) is 0 Å². The number of aromatic nitrogens is 1. The van der Waals surface area contributed by atoms with Crippen LogP contribution >= 0.6 is 0 Å². The summed E-state index contributed by atoms with van der Waals surface area (Å²) in [5.41, 5.74) is 6.26. The summed E-state index contributed by atoms with van der Waals surface area (Å²) in [6.07, 6.45) is 3.01. The second kappa shape index (κ2) is 11.9. The molecule has 0 unspecified atom stereocenters. The maximum atomic E-state index is 13.8. The summed E-state index contributed by atoms with van der Waals surface area (Å²) in [4.78, 5) is 15.9. The minimum atomic E-state index is -1.37.